The topological polar surface area (TPSA) is 66.8 Å². The Morgan fingerprint density at radius 2 is 1.48 bits per heavy atom. The second-order valence-corrected chi connectivity index (χ2v) is 7.98. The Morgan fingerprint density at radius 3 is 2.15 bits per heavy atom. The number of aliphatic hydroxyl groups is 1. The largest absolute Gasteiger partial charge is 0.490 e. The minimum Gasteiger partial charge on any atom is -0.490 e. The number of amides is 1. The Kier molecular flexibility index (Phi) is 9.21. The number of hydrogen-bond donors (Lipinski definition) is 1. The molecule has 0 bridgehead atoms. The van der Waals surface area contributed by atoms with Crippen molar-refractivity contribution >= 4 is 11.7 Å². The highest BCUT2D eigenvalue weighted by atomic mass is 16.5. The number of carbonyl (C=O) groups excluding carboxylic acids is 2. The van der Waals surface area contributed by atoms with Crippen molar-refractivity contribution in [3.05, 3.63) is 102 Å². The summed E-state index contributed by atoms with van der Waals surface area (Å²) in [5.41, 5.74) is 2.62. The molecule has 1 N–H and O–H groups in total. The van der Waals surface area contributed by atoms with Gasteiger partial charge in [0.05, 0.1) is 12.1 Å². The third-order valence-corrected chi connectivity index (χ3v) is 5.40. The van der Waals surface area contributed by atoms with Gasteiger partial charge in [-0.3, -0.25) is 9.59 Å². The fraction of sp³-hybridized carbons (Fsp3) is 0.286. The molecule has 3 aromatic rings. The summed E-state index contributed by atoms with van der Waals surface area (Å²) in [4.78, 5) is 26.8. The Balaban J connectivity index is 1.58. The second-order valence-electron chi connectivity index (χ2n) is 7.98. The van der Waals surface area contributed by atoms with E-state index in [9.17, 15) is 14.7 Å². The zero-order valence-corrected chi connectivity index (χ0v) is 19.0. The molecule has 3 aromatic carbocycles. The van der Waals surface area contributed by atoms with Crippen LogP contribution in [0.3, 0.4) is 0 Å². The molecule has 0 aromatic heterocycles. The highest BCUT2D eigenvalue weighted by molar-refractivity contribution is 5.98. The highest BCUT2D eigenvalue weighted by Gasteiger charge is 2.19. The van der Waals surface area contributed by atoms with Crippen LogP contribution in [0.25, 0.3) is 0 Å². The van der Waals surface area contributed by atoms with E-state index in [4.69, 9.17) is 4.74 Å². The van der Waals surface area contributed by atoms with Crippen LogP contribution in [0.2, 0.25) is 0 Å². The van der Waals surface area contributed by atoms with E-state index >= 15 is 0 Å². The molecule has 0 aliphatic rings. The lowest BCUT2D eigenvalue weighted by molar-refractivity contribution is -0.133. The predicted molar refractivity (Wildman–Crippen MR) is 129 cm³/mol. The van der Waals surface area contributed by atoms with E-state index < -0.39 is 6.10 Å². The maximum Gasteiger partial charge on any atom is 0.222 e. The van der Waals surface area contributed by atoms with Crippen molar-refractivity contribution in [3.63, 3.8) is 0 Å². The Labute approximate surface area is 195 Å². The normalized spacial score (nSPS) is 11.6. The molecule has 172 valence electrons. The number of Topliss-reactive ketones (excluding diaryl/α,β-unsaturated/α-hetero) is 1. The van der Waals surface area contributed by atoms with Gasteiger partial charge in [-0.15, -0.1) is 0 Å². The van der Waals surface area contributed by atoms with Crippen LogP contribution in [0.4, 0.5) is 0 Å². The molecule has 0 saturated heterocycles. The molecule has 1 atom stereocenters. The first kappa shape index (κ1) is 24.2. The van der Waals surface area contributed by atoms with E-state index in [1.807, 2.05) is 60.7 Å². The Bertz CT molecular complexity index is 1020. The summed E-state index contributed by atoms with van der Waals surface area (Å²) in [6.07, 6.45) is 0.517. The summed E-state index contributed by atoms with van der Waals surface area (Å²) in [6.45, 7) is 2.39. The van der Waals surface area contributed by atoms with Gasteiger partial charge in [-0.1, -0.05) is 79.7 Å². The minimum atomic E-state index is -0.878. The van der Waals surface area contributed by atoms with Gasteiger partial charge >= 0.3 is 0 Å². The first-order chi connectivity index (χ1) is 16.1. The third kappa shape index (κ3) is 7.58. The number of ether oxygens (including phenoxy) is 1. The third-order valence-electron chi connectivity index (χ3n) is 5.40. The molecule has 0 saturated carbocycles. The van der Waals surface area contributed by atoms with Gasteiger partial charge in [0.2, 0.25) is 5.91 Å². The van der Waals surface area contributed by atoms with E-state index in [0.717, 1.165) is 11.1 Å². The first-order valence-corrected chi connectivity index (χ1v) is 11.4. The quantitative estimate of drug-likeness (QED) is 0.411. The number of nitrogens with zero attached hydrogens (tertiary/aromatic N) is 1. The molecular weight excluding hydrogens is 414 g/mol. The number of rotatable bonds is 12. The van der Waals surface area contributed by atoms with Crippen LogP contribution in [0.1, 0.15) is 41.3 Å². The zero-order valence-electron chi connectivity index (χ0n) is 19.0. The standard InChI is InChI=1S/C28H31NO4/c1-2-28(32)29(19-23-13-7-4-8-14-23)20-24(30)21-33-27-16-10-9-15-25(27)26(31)18-17-22-11-5-3-6-12-22/h3-16,24,30H,2,17-21H2,1H3/t24-/m1/s1. The van der Waals surface area contributed by atoms with Crippen LogP contribution in [-0.2, 0) is 17.8 Å². The summed E-state index contributed by atoms with van der Waals surface area (Å²) in [5, 5.41) is 10.6. The van der Waals surface area contributed by atoms with Crippen LogP contribution in [-0.4, -0.2) is 41.0 Å². The fourth-order valence-corrected chi connectivity index (χ4v) is 3.64. The molecule has 0 heterocycles. The maximum absolute atomic E-state index is 12.8. The van der Waals surface area contributed by atoms with Gasteiger partial charge < -0.3 is 14.7 Å². The molecule has 33 heavy (non-hydrogen) atoms. The van der Waals surface area contributed by atoms with Crippen molar-refractivity contribution in [2.24, 2.45) is 0 Å². The van der Waals surface area contributed by atoms with Gasteiger partial charge in [-0.25, -0.2) is 0 Å². The molecule has 0 fully saturated rings. The lowest BCUT2D eigenvalue weighted by atomic mass is 10.0. The van der Waals surface area contributed by atoms with Crippen molar-refractivity contribution in [3.8, 4) is 5.75 Å². The maximum atomic E-state index is 12.8. The van der Waals surface area contributed by atoms with Crippen molar-refractivity contribution in [2.45, 2.75) is 38.8 Å². The van der Waals surface area contributed by atoms with Crippen LogP contribution in [0, 0.1) is 0 Å². The Morgan fingerprint density at radius 1 is 0.879 bits per heavy atom. The van der Waals surface area contributed by atoms with E-state index in [-0.39, 0.29) is 24.8 Å². The van der Waals surface area contributed by atoms with Crippen molar-refractivity contribution in [2.75, 3.05) is 13.2 Å². The van der Waals surface area contributed by atoms with Crippen LogP contribution >= 0.6 is 0 Å². The number of aryl methyl sites for hydroxylation is 1. The Hall–Kier alpha value is -3.44. The van der Waals surface area contributed by atoms with E-state index in [1.165, 1.54) is 0 Å². The molecule has 0 radical (unpaired) electrons. The predicted octanol–water partition coefficient (Wildman–Crippen LogP) is 4.68. The second kappa shape index (κ2) is 12.6. The first-order valence-electron chi connectivity index (χ1n) is 11.4. The van der Waals surface area contributed by atoms with E-state index in [0.29, 0.717) is 37.1 Å². The summed E-state index contributed by atoms with van der Waals surface area (Å²) < 4.78 is 5.83. The van der Waals surface area contributed by atoms with Crippen LogP contribution in [0.15, 0.2) is 84.9 Å². The van der Waals surface area contributed by atoms with Gasteiger partial charge in [0.15, 0.2) is 5.78 Å². The van der Waals surface area contributed by atoms with Crippen molar-refractivity contribution in [1.82, 2.24) is 4.90 Å². The molecular formula is C28H31NO4. The molecule has 1 amide bonds. The van der Waals surface area contributed by atoms with Gasteiger partial charge in [-0.2, -0.15) is 0 Å². The molecule has 0 aliphatic carbocycles. The van der Waals surface area contributed by atoms with Crippen molar-refractivity contribution < 1.29 is 19.4 Å². The van der Waals surface area contributed by atoms with Crippen molar-refractivity contribution in [1.29, 1.82) is 0 Å². The molecule has 5 heteroatoms. The van der Waals surface area contributed by atoms with Crippen LogP contribution < -0.4 is 4.74 Å². The van der Waals surface area contributed by atoms with Gasteiger partial charge in [0.25, 0.3) is 0 Å². The monoisotopic (exact) mass is 445 g/mol. The molecule has 5 nitrogen and oxygen atoms in total. The summed E-state index contributed by atoms with van der Waals surface area (Å²) in [5.74, 6) is 0.413. The van der Waals surface area contributed by atoms with Gasteiger partial charge in [-0.05, 0) is 29.7 Å². The van der Waals surface area contributed by atoms with Gasteiger partial charge in [0, 0.05) is 19.4 Å². The number of ketones is 1. The summed E-state index contributed by atoms with van der Waals surface area (Å²) in [7, 11) is 0. The lowest BCUT2D eigenvalue weighted by Gasteiger charge is -2.25. The fourth-order valence-electron chi connectivity index (χ4n) is 3.64. The minimum absolute atomic E-state index is 0.00388. The van der Waals surface area contributed by atoms with Crippen LogP contribution in [0.5, 0.6) is 5.75 Å². The summed E-state index contributed by atoms with van der Waals surface area (Å²) >= 11 is 0. The lowest BCUT2D eigenvalue weighted by Crippen LogP contribution is -2.39. The molecule has 0 unspecified atom stereocenters. The molecule has 0 spiro atoms. The van der Waals surface area contributed by atoms with Gasteiger partial charge in [0.1, 0.15) is 18.5 Å². The molecule has 3 rings (SSSR count). The number of para-hydroxylation sites is 1. The smallest absolute Gasteiger partial charge is 0.222 e. The SMILES string of the molecule is CCC(=O)N(Cc1ccccc1)C[C@@H](O)COc1ccccc1C(=O)CCc1ccccc1. The highest BCUT2D eigenvalue weighted by Crippen LogP contribution is 2.21. The number of hydrogen-bond acceptors (Lipinski definition) is 4. The number of aliphatic hydroxyl groups excluding tert-OH is 1. The molecule has 0 aliphatic heterocycles. The average molecular weight is 446 g/mol. The summed E-state index contributed by atoms with van der Waals surface area (Å²) in [6, 6.07) is 26.7. The zero-order chi connectivity index (χ0) is 23.5. The number of carbonyl (C=O) groups is 2. The number of benzene rings is 3. The van der Waals surface area contributed by atoms with E-state index in [2.05, 4.69) is 0 Å². The van der Waals surface area contributed by atoms with E-state index in [1.54, 1.807) is 36.1 Å². The average Bonchev–Trinajstić information content (AvgIpc) is 2.86.